The molecule has 0 spiro atoms. The van der Waals surface area contributed by atoms with Crippen molar-refractivity contribution in [2.45, 2.75) is 246 Å². The fourth-order valence-corrected chi connectivity index (χ4v) is 19.5. The first kappa shape index (κ1) is 104. The van der Waals surface area contributed by atoms with E-state index in [4.69, 9.17) is 66.8 Å². The summed E-state index contributed by atoms with van der Waals surface area (Å²) in [6.45, 7) is 15.8. The number of carbonyl (C=O) groups is 8. The van der Waals surface area contributed by atoms with Crippen LogP contribution in [0.4, 0.5) is 11.4 Å². The molecule has 3 aliphatic heterocycles. The van der Waals surface area contributed by atoms with Gasteiger partial charge < -0.3 is 67.1 Å². The zero-order valence-electron chi connectivity index (χ0n) is 79.9. The van der Waals surface area contributed by atoms with Crippen LogP contribution in [0.5, 0.6) is 23.0 Å². The summed E-state index contributed by atoms with van der Waals surface area (Å²) in [5, 5.41) is 2.85. The molecule has 1 N–H and O–H groups in total. The van der Waals surface area contributed by atoms with Crippen molar-refractivity contribution in [3.63, 3.8) is 0 Å². The lowest BCUT2D eigenvalue weighted by Gasteiger charge is -2.32. The number of Topliss-reactive ketones (excluding diaryl/α,β-unsaturated/α-hetero) is 6. The highest BCUT2D eigenvalue weighted by Gasteiger charge is 2.40. The van der Waals surface area contributed by atoms with E-state index in [1.54, 1.807) is 43.4 Å². The van der Waals surface area contributed by atoms with E-state index in [2.05, 4.69) is 56.4 Å². The Labute approximate surface area is 784 Å². The van der Waals surface area contributed by atoms with Gasteiger partial charge in [-0.05, 0) is 140 Å². The Morgan fingerprint density at radius 3 is 1.61 bits per heavy atom. The van der Waals surface area contributed by atoms with Crippen LogP contribution in [0.2, 0.25) is 0 Å². The number of aryl methyl sites for hydroxylation is 2. The molecule has 11 rings (SSSR count). The standard InChI is InChI=1S/C108H150N4O20/c1-7-18-78-20-15-21-79(28-27-78)29-30-80-31-36-82(37-32-80)85-40-42-92-87(65-85)73-110-96-71-104(102(121-5)69-94(96)107(92)119)131-47-17-48-132-105-72-97-95(70-103(105)122-6)108(120)112-75-88(66-89(112)74-111-97)83-38-33-81(34-39-83)35-43-98(114)77(4)19-14-26-99(115)91(76(2)3)25-16-24-90(113)45-49-123-51-53-125-55-57-127-59-61-129-63-64-130-62-60-128-58-56-126-54-52-124-50-46-109-106(118)44-41-86-67-101(117)93(68-100(86)116)84-22-12-10-8-9-11-13-23-84/h31-34,36-40,42,69-79,84,86-87,89,91,93H,7-30,35,41,43-68H2,1-6H3,(H,109,118). The fraction of sp³-hybridized carbons (Fsp3) is 0.630. The summed E-state index contributed by atoms with van der Waals surface area (Å²) >= 11 is 0. The Morgan fingerprint density at radius 2 is 1.02 bits per heavy atom. The summed E-state index contributed by atoms with van der Waals surface area (Å²) < 4.78 is 68.8. The number of methoxy groups -OCH3 is 2. The number of ether oxygens (including phenoxy) is 12. The van der Waals surface area contributed by atoms with E-state index in [1.807, 2.05) is 55.9 Å². The van der Waals surface area contributed by atoms with Crippen molar-refractivity contribution in [3.8, 4) is 23.0 Å². The Morgan fingerprint density at radius 1 is 0.470 bits per heavy atom. The van der Waals surface area contributed by atoms with Crippen LogP contribution in [0, 0.1) is 53.3 Å². The number of benzene rings is 4. The maximum Gasteiger partial charge on any atom is 0.260 e. The lowest BCUT2D eigenvalue weighted by molar-refractivity contribution is -0.139. The highest BCUT2D eigenvalue weighted by atomic mass is 16.6. The Balaban J connectivity index is 0.468. The minimum Gasteiger partial charge on any atom is -0.493 e. The Bertz CT molecular complexity index is 4460. The number of rotatable bonds is 60. The van der Waals surface area contributed by atoms with E-state index in [0.29, 0.717) is 259 Å². The average molecular weight is 1820 g/mol. The van der Waals surface area contributed by atoms with Gasteiger partial charge in [0.15, 0.2) is 28.8 Å². The van der Waals surface area contributed by atoms with E-state index in [0.717, 1.165) is 60.6 Å². The summed E-state index contributed by atoms with van der Waals surface area (Å²) in [5.74, 6) is 3.49. The topological polar surface area (TPSA) is 287 Å². The SMILES string of the molecule is CCCC1CCCC(CCc2ccc(C3=CC=C4C(=O)c5cc(OC)c(OCCCOc6cc7c(cc6OC)C(=O)N6C=C(c8ccc(CCC(=O)C(C)CCCC(=O)C(CCCC(=O)CCOCCOCCOCCOCCOCCOCCOCCOCCNC(=O)CCC9CC(=O)C(C%10CCCCCCCC%10)CC9=O)C(C)C)cc8)CC6C=N7)cc5N=CC4C3)cc2)CC1. The number of ketones is 6. The monoisotopic (exact) mass is 1820 g/mol. The average Bonchev–Trinajstić information content (AvgIpc) is 1.62. The van der Waals surface area contributed by atoms with Crippen LogP contribution in [-0.4, -0.2) is 210 Å². The molecular weight excluding hydrogens is 1670 g/mol. The number of allylic oxidation sites excluding steroid dienone is 4. The first-order valence-electron chi connectivity index (χ1n) is 49.9. The zero-order chi connectivity index (χ0) is 93.0. The normalized spacial score (nSPS) is 19.8. The smallest absolute Gasteiger partial charge is 0.260 e. The number of fused-ring (bicyclic) bond motifs is 4. The van der Waals surface area contributed by atoms with E-state index in [9.17, 15) is 38.4 Å². The van der Waals surface area contributed by atoms with Crippen LogP contribution in [0.25, 0.3) is 11.1 Å². The van der Waals surface area contributed by atoms with Gasteiger partial charge in [0, 0.05) is 130 Å². The first-order chi connectivity index (χ1) is 64.4. The van der Waals surface area contributed by atoms with Crippen molar-refractivity contribution in [3.05, 3.63) is 130 Å². The van der Waals surface area contributed by atoms with Crippen molar-refractivity contribution >= 4 is 81.5 Å². The fourth-order valence-electron chi connectivity index (χ4n) is 19.5. The quantitative estimate of drug-likeness (QED) is 0.0317. The summed E-state index contributed by atoms with van der Waals surface area (Å²) in [7, 11) is 3.11. The van der Waals surface area contributed by atoms with Crippen molar-refractivity contribution < 1.29 is 95.2 Å². The van der Waals surface area contributed by atoms with Crippen LogP contribution in [0.1, 0.15) is 270 Å². The van der Waals surface area contributed by atoms with Gasteiger partial charge in [0.2, 0.25) is 5.91 Å². The molecule has 132 heavy (non-hydrogen) atoms. The van der Waals surface area contributed by atoms with E-state index in [1.165, 1.54) is 93.7 Å². The predicted molar refractivity (Wildman–Crippen MR) is 514 cm³/mol. The zero-order valence-corrected chi connectivity index (χ0v) is 79.9. The summed E-state index contributed by atoms with van der Waals surface area (Å²) in [5.41, 5.74) is 9.38. The van der Waals surface area contributed by atoms with Crippen molar-refractivity contribution in [2.24, 2.45) is 63.2 Å². The second-order valence-corrected chi connectivity index (χ2v) is 37.3. The second-order valence-electron chi connectivity index (χ2n) is 37.3. The highest BCUT2D eigenvalue weighted by Crippen LogP contribution is 2.45. The van der Waals surface area contributed by atoms with Crippen molar-refractivity contribution in [1.82, 2.24) is 10.2 Å². The van der Waals surface area contributed by atoms with Gasteiger partial charge in [0.25, 0.3) is 5.91 Å². The number of amides is 2. The molecule has 3 heterocycles. The molecule has 24 nitrogen and oxygen atoms in total. The Hall–Kier alpha value is -8.72. The van der Waals surface area contributed by atoms with Gasteiger partial charge in [-0.25, -0.2) is 0 Å². The first-order valence-corrected chi connectivity index (χ1v) is 49.9. The Kier molecular flexibility index (Phi) is 45.0. The maximum atomic E-state index is 14.3. The number of nitrogens with one attached hydrogen (secondary N) is 1. The third-order valence-corrected chi connectivity index (χ3v) is 27.5. The minimum atomic E-state index is -0.343. The second kappa shape index (κ2) is 57.2. The molecule has 8 unspecified atom stereocenters. The van der Waals surface area contributed by atoms with Crippen molar-refractivity contribution in [2.75, 3.05) is 140 Å². The summed E-state index contributed by atoms with van der Waals surface area (Å²) in [4.78, 5) is 118. The van der Waals surface area contributed by atoms with Gasteiger partial charge in [-0.1, -0.05) is 172 Å². The third-order valence-electron chi connectivity index (χ3n) is 27.5. The molecule has 722 valence electrons. The predicted octanol–water partition coefficient (Wildman–Crippen LogP) is 19.6. The largest absolute Gasteiger partial charge is 0.493 e. The molecule has 0 bridgehead atoms. The highest BCUT2D eigenvalue weighted by molar-refractivity contribution is 6.16. The lowest BCUT2D eigenvalue weighted by atomic mass is 9.70. The number of hydrogen-bond acceptors (Lipinski definition) is 22. The molecule has 4 aliphatic carbocycles. The molecule has 4 aromatic carbocycles. The molecule has 24 heteroatoms. The lowest BCUT2D eigenvalue weighted by Crippen LogP contribution is -2.37. The molecule has 2 amide bonds. The van der Waals surface area contributed by atoms with Crippen LogP contribution in [0.3, 0.4) is 0 Å². The van der Waals surface area contributed by atoms with Gasteiger partial charge in [0.05, 0.1) is 162 Å². The van der Waals surface area contributed by atoms with Gasteiger partial charge in [-0.15, -0.1) is 0 Å². The molecule has 0 aromatic heterocycles. The molecule has 7 aliphatic rings. The molecular formula is C108H150N4O20. The van der Waals surface area contributed by atoms with Gasteiger partial charge in [-0.3, -0.25) is 48.3 Å². The van der Waals surface area contributed by atoms with Gasteiger partial charge in [0.1, 0.15) is 28.9 Å². The van der Waals surface area contributed by atoms with Crippen LogP contribution >= 0.6 is 0 Å². The van der Waals surface area contributed by atoms with Crippen LogP contribution in [0.15, 0.2) is 107 Å². The molecule has 0 radical (unpaired) electrons. The van der Waals surface area contributed by atoms with E-state index >= 15 is 0 Å². The van der Waals surface area contributed by atoms with Crippen LogP contribution < -0.4 is 24.3 Å². The third kappa shape index (κ3) is 33.7. The number of carbonyl (C=O) groups excluding carboxylic acids is 8. The maximum absolute atomic E-state index is 14.3. The summed E-state index contributed by atoms with van der Waals surface area (Å²) in [6, 6.07) is 23.9. The molecule has 8 atom stereocenters. The minimum absolute atomic E-state index is 0.0694. The number of aliphatic imine (C=N–C) groups is 2. The summed E-state index contributed by atoms with van der Waals surface area (Å²) in [6.07, 6.45) is 38.7. The molecule has 3 saturated carbocycles. The number of nitrogens with zero attached hydrogens (tertiary/aromatic N) is 3. The van der Waals surface area contributed by atoms with E-state index < -0.39 is 0 Å². The molecule has 0 saturated heterocycles. The molecule has 3 fully saturated rings. The molecule has 4 aromatic rings. The van der Waals surface area contributed by atoms with Crippen molar-refractivity contribution in [1.29, 1.82) is 0 Å². The van der Waals surface area contributed by atoms with E-state index in [-0.39, 0.29) is 114 Å². The van der Waals surface area contributed by atoms with Gasteiger partial charge in [-0.2, -0.15) is 0 Å². The van der Waals surface area contributed by atoms with Crippen LogP contribution in [-0.2, 0) is 79.5 Å². The van der Waals surface area contributed by atoms with Gasteiger partial charge >= 0.3 is 0 Å². The number of hydrogen-bond donors (Lipinski definition) is 1.